The van der Waals surface area contributed by atoms with E-state index in [0.717, 1.165) is 34.4 Å². The van der Waals surface area contributed by atoms with Crippen LogP contribution in [0.25, 0.3) is 0 Å². The summed E-state index contributed by atoms with van der Waals surface area (Å²) in [4.78, 5) is 25.8. The molecule has 118 valence electrons. The number of anilines is 2. The Bertz CT molecular complexity index is 756. The molecule has 2 amide bonds. The molecule has 4 nitrogen and oxygen atoms in total. The van der Waals surface area contributed by atoms with E-state index in [2.05, 4.69) is 21.2 Å². The van der Waals surface area contributed by atoms with Crippen molar-refractivity contribution >= 4 is 39.1 Å². The maximum absolute atomic E-state index is 12.3. The number of carbonyl (C=O) groups is 2. The van der Waals surface area contributed by atoms with Crippen LogP contribution in [0, 0.1) is 6.92 Å². The van der Waals surface area contributed by atoms with Crippen LogP contribution in [-0.2, 0) is 4.79 Å². The van der Waals surface area contributed by atoms with Crippen molar-refractivity contribution < 1.29 is 9.59 Å². The molecule has 0 radical (unpaired) electrons. The van der Waals surface area contributed by atoms with Crippen molar-refractivity contribution in [3.8, 4) is 0 Å². The van der Waals surface area contributed by atoms with Gasteiger partial charge in [-0.1, -0.05) is 22.0 Å². The van der Waals surface area contributed by atoms with E-state index in [1.165, 1.54) is 0 Å². The highest BCUT2D eigenvalue weighted by atomic mass is 79.9. The molecular formula is C18H17BrN2O2. The maximum Gasteiger partial charge on any atom is 0.255 e. The lowest BCUT2D eigenvalue weighted by Crippen LogP contribution is -2.23. The largest absolute Gasteiger partial charge is 0.322 e. The molecule has 0 aliphatic carbocycles. The highest BCUT2D eigenvalue weighted by Crippen LogP contribution is 2.23. The summed E-state index contributed by atoms with van der Waals surface area (Å²) in [5.41, 5.74) is 3.27. The molecule has 0 atom stereocenters. The minimum atomic E-state index is -0.167. The van der Waals surface area contributed by atoms with Crippen molar-refractivity contribution in [2.75, 3.05) is 16.8 Å². The SMILES string of the molecule is Cc1ccc(NC(=O)c2ccc(N3CCCC3=O)cc2)cc1Br. The van der Waals surface area contributed by atoms with Crippen molar-refractivity contribution in [1.29, 1.82) is 0 Å². The molecule has 0 spiro atoms. The highest BCUT2D eigenvalue weighted by molar-refractivity contribution is 9.10. The Balaban J connectivity index is 1.72. The van der Waals surface area contributed by atoms with Crippen molar-refractivity contribution in [2.45, 2.75) is 19.8 Å². The Hall–Kier alpha value is -2.14. The zero-order valence-corrected chi connectivity index (χ0v) is 14.4. The average molecular weight is 373 g/mol. The van der Waals surface area contributed by atoms with Gasteiger partial charge < -0.3 is 10.2 Å². The molecule has 1 saturated heterocycles. The summed E-state index contributed by atoms with van der Waals surface area (Å²) >= 11 is 3.46. The van der Waals surface area contributed by atoms with Crippen LogP contribution in [0.15, 0.2) is 46.9 Å². The molecule has 1 N–H and O–H groups in total. The third kappa shape index (κ3) is 3.45. The molecule has 1 aliphatic heterocycles. The molecular weight excluding hydrogens is 356 g/mol. The second-order valence-corrected chi connectivity index (χ2v) is 6.47. The van der Waals surface area contributed by atoms with E-state index in [4.69, 9.17) is 0 Å². The molecule has 23 heavy (non-hydrogen) atoms. The Kier molecular flexibility index (Phi) is 4.48. The van der Waals surface area contributed by atoms with E-state index in [9.17, 15) is 9.59 Å². The molecule has 1 aliphatic rings. The average Bonchev–Trinajstić information content (AvgIpc) is 2.97. The van der Waals surface area contributed by atoms with Gasteiger partial charge in [0.15, 0.2) is 0 Å². The van der Waals surface area contributed by atoms with Crippen LogP contribution in [0.2, 0.25) is 0 Å². The quantitative estimate of drug-likeness (QED) is 0.879. The minimum absolute atomic E-state index is 0.145. The van der Waals surface area contributed by atoms with Gasteiger partial charge in [-0.15, -0.1) is 0 Å². The third-order valence-electron chi connectivity index (χ3n) is 3.94. The van der Waals surface area contributed by atoms with Gasteiger partial charge in [-0.25, -0.2) is 0 Å². The van der Waals surface area contributed by atoms with Gasteiger partial charge in [0.05, 0.1) is 0 Å². The number of benzene rings is 2. The second-order valence-electron chi connectivity index (χ2n) is 5.61. The summed E-state index contributed by atoms with van der Waals surface area (Å²) in [6.07, 6.45) is 1.49. The highest BCUT2D eigenvalue weighted by Gasteiger charge is 2.21. The maximum atomic E-state index is 12.3. The topological polar surface area (TPSA) is 49.4 Å². The molecule has 5 heteroatoms. The van der Waals surface area contributed by atoms with E-state index in [-0.39, 0.29) is 11.8 Å². The van der Waals surface area contributed by atoms with Crippen molar-refractivity contribution in [2.24, 2.45) is 0 Å². The number of aryl methyl sites for hydroxylation is 1. The zero-order chi connectivity index (χ0) is 16.4. The fourth-order valence-corrected chi connectivity index (χ4v) is 2.97. The first-order valence-electron chi connectivity index (χ1n) is 7.52. The summed E-state index contributed by atoms with van der Waals surface area (Å²) in [6.45, 7) is 2.75. The summed E-state index contributed by atoms with van der Waals surface area (Å²) in [5, 5.41) is 2.87. The number of amides is 2. The van der Waals surface area contributed by atoms with E-state index in [1.54, 1.807) is 17.0 Å². The van der Waals surface area contributed by atoms with Crippen LogP contribution >= 0.6 is 15.9 Å². The molecule has 1 heterocycles. The number of hydrogen-bond donors (Lipinski definition) is 1. The van der Waals surface area contributed by atoms with Crippen LogP contribution in [0.3, 0.4) is 0 Å². The molecule has 1 fully saturated rings. The predicted octanol–water partition coefficient (Wildman–Crippen LogP) is 4.14. The molecule has 3 rings (SSSR count). The lowest BCUT2D eigenvalue weighted by molar-refractivity contribution is -0.117. The molecule has 0 aromatic heterocycles. The summed E-state index contributed by atoms with van der Waals surface area (Å²) in [7, 11) is 0. The first kappa shape index (κ1) is 15.7. The van der Waals surface area contributed by atoms with Gasteiger partial charge in [-0.05, 0) is 55.3 Å². The van der Waals surface area contributed by atoms with Gasteiger partial charge >= 0.3 is 0 Å². The van der Waals surface area contributed by atoms with Gasteiger partial charge in [-0.2, -0.15) is 0 Å². The van der Waals surface area contributed by atoms with Crippen LogP contribution in [0.5, 0.6) is 0 Å². The van der Waals surface area contributed by atoms with Crippen LogP contribution in [-0.4, -0.2) is 18.4 Å². The summed E-state index contributed by atoms with van der Waals surface area (Å²) < 4.78 is 0.957. The van der Waals surface area contributed by atoms with Crippen LogP contribution < -0.4 is 10.2 Å². The Labute approximate surface area is 143 Å². The van der Waals surface area contributed by atoms with Gasteiger partial charge in [0, 0.05) is 34.4 Å². The summed E-state index contributed by atoms with van der Waals surface area (Å²) in [6, 6.07) is 12.8. The number of halogens is 1. The second kappa shape index (κ2) is 6.54. The zero-order valence-electron chi connectivity index (χ0n) is 12.8. The first-order chi connectivity index (χ1) is 11.0. The van der Waals surface area contributed by atoms with Gasteiger partial charge in [0.25, 0.3) is 5.91 Å². The van der Waals surface area contributed by atoms with Crippen molar-refractivity contribution in [1.82, 2.24) is 0 Å². The van der Waals surface area contributed by atoms with E-state index in [1.807, 2.05) is 37.3 Å². The number of carbonyl (C=O) groups excluding carboxylic acids is 2. The smallest absolute Gasteiger partial charge is 0.255 e. The monoisotopic (exact) mass is 372 g/mol. The lowest BCUT2D eigenvalue weighted by atomic mass is 10.1. The van der Waals surface area contributed by atoms with E-state index < -0.39 is 0 Å². The molecule has 2 aromatic rings. The number of rotatable bonds is 3. The van der Waals surface area contributed by atoms with E-state index in [0.29, 0.717) is 12.0 Å². The van der Waals surface area contributed by atoms with E-state index >= 15 is 0 Å². The standard InChI is InChI=1S/C18H17BrN2O2/c1-12-4-7-14(11-16(12)19)20-18(23)13-5-8-15(9-6-13)21-10-2-3-17(21)22/h4-9,11H,2-3,10H2,1H3,(H,20,23). The third-order valence-corrected chi connectivity index (χ3v) is 4.80. The molecule has 0 unspecified atom stereocenters. The molecule has 0 bridgehead atoms. The van der Waals surface area contributed by atoms with Crippen molar-refractivity contribution in [3.63, 3.8) is 0 Å². The number of nitrogens with zero attached hydrogens (tertiary/aromatic N) is 1. The molecule has 2 aromatic carbocycles. The predicted molar refractivity (Wildman–Crippen MR) is 94.9 cm³/mol. The number of hydrogen-bond acceptors (Lipinski definition) is 2. The van der Waals surface area contributed by atoms with Crippen molar-refractivity contribution in [3.05, 3.63) is 58.1 Å². The van der Waals surface area contributed by atoms with Crippen LogP contribution in [0.4, 0.5) is 11.4 Å². The number of nitrogens with one attached hydrogen (secondary N) is 1. The van der Waals surface area contributed by atoms with Gasteiger partial charge in [0.1, 0.15) is 0 Å². The van der Waals surface area contributed by atoms with Crippen LogP contribution in [0.1, 0.15) is 28.8 Å². The van der Waals surface area contributed by atoms with Gasteiger partial charge in [0.2, 0.25) is 5.91 Å². The van der Waals surface area contributed by atoms with Gasteiger partial charge in [-0.3, -0.25) is 9.59 Å². The first-order valence-corrected chi connectivity index (χ1v) is 8.32. The summed E-state index contributed by atoms with van der Waals surface area (Å²) in [5.74, 6) is -0.0215. The Morgan fingerprint density at radius 2 is 1.91 bits per heavy atom. The molecule has 0 saturated carbocycles. The Morgan fingerprint density at radius 1 is 1.17 bits per heavy atom. The fourth-order valence-electron chi connectivity index (χ4n) is 2.59. The minimum Gasteiger partial charge on any atom is -0.322 e. The fraction of sp³-hybridized carbons (Fsp3) is 0.222. The lowest BCUT2D eigenvalue weighted by Gasteiger charge is -2.15. The Morgan fingerprint density at radius 3 is 2.52 bits per heavy atom. The normalized spacial score (nSPS) is 14.2.